The molecule has 2 N–H and O–H groups in total. The second-order valence-electron chi connectivity index (χ2n) is 7.04. The van der Waals surface area contributed by atoms with E-state index in [4.69, 9.17) is 5.11 Å². The molecule has 0 aromatic carbocycles. The van der Waals surface area contributed by atoms with Crippen molar-refractivity contribution < 1.29 is 9.90 Å². The summed E-state index contributed by atoms with van der Waals surface area (Å²) < 4.78 is 1.83. The number of aromatic nitrogens is 2. The Morgan fingerprint density at radius 1 is 1.35 bits per heavy atom. The summed E-state index contributed by atoms with van der Waals surface area (Å²) in [5.41, 5.74) is 1.59. The predicted octanol–water partition coefficient (Wildman–Crippen LogP) is 2.31. The van der Waals surface area contributed by atoms with Crippen LogP contribution in [0.25, 0.3) is 0 Å². The summed E-state index contributed by atoms with van der Waals surface area (Å²) in [6.07, 6.45) is 2.63. The molecule has 1 aromatic heterocycles. The molecule has 0 atom stereocenters. The quantitative estimate of drug-likeness (QED) is 0.785. The molecule has 1 heterocycles. The molecule has 0 fully saturated rings. The van der Waals surface area contributed by atoms with E-state index in [-0.39, 0.29) is 5.41 Å². The van der Waals surface area contributed by atoms with E-state index < -0.39 is 11.4 Å². The second kappa shape index (κ2) is 5.95. The van der Waals surface area contributed by atoms with Crippen LogP contribution in [0.1, 0.15) is 52.3 Å². The van der Waals surface area contributed by atoms with Crippen molar-refractivity contribution in [2.45, 2.75) is 53.0 Å². The molecular weight excluding hydrogens is 254 g/mol. The van der Waals surface area contributed by atoms with Crippen LogP contribution in [-0.4, -0.2) is 27.4 Å². The average Bonchev–Trinajstić information content (AvgIpc) is 2.65. The lowest BCUT2D eigenvalue weighted by Crippen LogP contribution is -2.29. The number of hydrogen-bond acceptors (Lipinski definition) is 3. The fraction of sp³-hybridized carbons (Fsp3) is 0.733. The lowest BCUT2D eigenvalue weighted by atomic mass is 9.89. The zero-order valence-electron chi connectivity index (χ0n) is 13.4. The van der Waals surface area contributed by atoms with Crippen LogP contribution >= 0.6 is 0 Å². The maximum absolute atomic E-state index is 11.0. The highest BCUT2D eigenvalue weighted by atomic mass is 16.4. The topological polar surface area (TPSA) is 67.2 Å². The molecule has 0 aliphatic carbocycles. The number of aliphatic carboxylic acids is 1. The Labute approximate surface area is 121 Å². The zero-order valence-corrected chi connectivity index (χ0v) is 13.4. The molecule has 0 spiro atoms. The van der Waals surface area contributed by atoms with Crippen LogP contribution < -0.4 is 5.32 Å². The summed E-state index contributed by atoms with van der Waals surface area (Å²) >= 11 is 0. The first kappa shape index (κ1) is 16.7. The number of carboxylic acids is 1. The zero-order chi connectivity index (χ0) is 15.6. The third-order valence-electron chi connectivity index (χ3n) is 3.44. The molecule has 0 amide bonds. The highest BCUT2D eigenvalue weighted by Gasteiger charge is 2.26. The minimum atomic E-state index is -0.754. The molecule has 20 heavy (non-hydrogen) atoms. The van der Waals surface area contributed by atoms with Gasteiger partial charge in [-0.15, -0.1) is 0 Å². The third kappa shape index (κ3) is 4.34. The van der Waals surface area contributed by atoms with Crippen molar-refractivity contribution in [2.75, 3.05) is 6.54 Å². The van der Waals surface area contributed by atoms with Crippen LogP contribution in [0.5, 0.6) is 0 Å². The van der Waals surface area contributed by atoms with Gasteiger partial charge in [0.25, 0.3) is 0 Å². The van der Waals surface area contributed by atoms with E-state index in [9.17, 15) is 4.79 Å². The van der Waals surface area contributed by atoms with Crippen molar-refractivity contribution >= 4 is 5.97 Å². The summed E-state index contributed by atoms with van der Waals surface area (Å²) in [5.74, 6) is -0.754. The number of carbonyl (C=O) groups is 1. The van der Waals surface area contributed by atoms with Gasteiger partial charge in [-0.1, -0.05) is 20.8 Å². The molecule has 0 aliphatic heterocycles. The first-order valence-corrected chi connectivity index (χ1v) is 7.01. The first-order valence-electron chi connectivity index (χ1n) is 7.01. The average molecular weight is 281 g/mol. The Morgan fingerprint density at radius 3 is 2.45 bits per heavy atom. The number of nitrogens with one attached hydrogen (secondary N) is 1. The minimum Gasteiger partial charge on any atom is -0.481 e. The molecule has 0 aliphatic rings. The van der Waals surface area contributed by atoms with Crippen LogP contribution in [0, 0.1) is 5.41 Å². The molecule has 5 heteroatoms. The summed E-state index contributed by atoms with van der Waals surface area (Å²) in [7, 11) is 1.92. The maximum Gasteiger partial charge on any atom is 0.309 e. The van der Waals surface area contributed by atoms with Gasteiger partial charge in [-0.3, -0.25) is 9.48 Å². The fourth-order valence-corrected chi connectivity index (χ4v) is 2.03. The Bertz CT molecular complexity index is 470. The summed E-state index contributed by atoms with van der Waals surface area (Å²) in [6.45, 7) is 11.3. The van der Waals surface area contributed by atoms with Gasteiger partial charge in [0.2, 0.25) is 0 Å². The number of hydrogen-bond donors (Lipinski definition) is 2. The molecule has 114 valence electrons. The monoisotopic (exact) mass is 281 g/mol. The normalized spacial score (nSPS) is 12.7. The Hall–Kier alpha value is -1.36. The SMILES string of the molecule is Cn1cc(CNCCC(C)(C)C(=O)O)c(C(C)(C)C)n1. The molecule has 0 unspecified atom stereocenters. The van der Waals surface area contributed by atoms with Crippen molar-refractivity contribution in [2.24, 2.45) is 12.5 Å². The van der Waals surface area contributed by atoms with Crippen molar-refractivity contribution in [3.05, 3.63) is 17.5 Å². The van der Waals surface area contributed by atoms with Crippen molar-refractivity contribution in [1.29, 1.82) is 0 Å². The van der Waals surface area contributed by atoms with Gasteiger partial charge in [0.05, 0.1) is 11.1 Å². The Balaban J connectivity index is 2.57. The third-order valence-corrected chi connectivity index (χ3v) is 3.44. The van der Waals surface area contributed by atoms with Crippen LogP contribution in [0.3, 0.4) is 0 Å². The number of aryl methyl sites for hydroxylation is 1. The molecule has 0 bridgehead atoms. The molecule has 5 nitrogen and oxygen atoms in total. The summed E-state index contributed by atoms with van der Waals surface area (Å²) in [5, 5.41) is 16.9. The van der Waals surface area contributed by atoms with Gasteiger partial charge in [0.15, 0.2) is 0 Å². The number of nitrogens with zero attached hydrogens (tertiary/aromatic N) is 2. The molecular formula is C15H27N3O2. The van der Waals surface area contributed by atoms with E-state index in [1.165, 1.54) is 5.56 Å². The summed E-state index contributed by atoms with van der Waals surface area (Å²) in [6, 6.07) is 0. The van der Waals surface area contributed by atoms with Crippen LogP contribution in [0.4, 0.5) is 0 Å². The van der Waals surface area contributed by atoms with Crippen molar-refractivity contribution in [3.8, 4) is 0 Å². The van der Waals surface area contributed by atoms with Gasteiger partial charge in [-0.25, -0.2) is 0 Å². The lowest BCUT2D eigenvalue weighted by molar-refractivity contribution is -0.147. The molecule has 0 saturated heterocycles. The van der Waals surface area contributed by atoms with Gasteiger partial charge in [0.1, 0.15) is 0 Å². The predicted molar refractivity (Wildman–Crippen MR) is 79.6 cm³/mol. The standard InChI is InChI=1S/C15H27N3O2/c1-14(2,3)12-11(10-18(6)17-12)9-16-8-7-15(4,5)13(19)20/h10,16H,7-9H2,1-6H3,(H,19,20). The molecule has 0 saturated carbocycles. The van der Waals surface area contributed by atoms with Gasteiger partial charge < -0.3 is 10.4 Å². The van der Waals surface area contributed by atoms with E-state index in [0.29, 0.717) is 13.0 Å². The highest BCUT2D eigenvalue weighted by Crippen LogP contribution is 2.24. The van der Waals surface area contributed by atoms with E-state index in [1.807, 2.05) is 17.9 Å². The smallest absolute Gasteiger partial charge is 0.309 e. The van der Waals surface area contributed by atoms with E-state index >= 15 is 0 Å². The number of carboxylic acid groups (broad SMARTS) is 1. The van der Waals surface area contributed by atoms with Gasteiger partial charge in [-0.05, 0) is 26.8 Å². The fourth-order valence-electron chi connectivity index (χ4n) is 2.03. The molecule has 1 aromatic rings. The Morgan fingerprint density at radius 2 is 1.95 bits per heavy atom. The largest absolute Gasteiger partial charge is 0.481 e. The minimum absolute atomic E-state index is 0.0125. The molecule has 1 rings (SSSR count). The van der Waals surface area contributed by atoms with E-state index in [1.54, 1.807) is 13.8 Å². The summed E-state index contributed by atoms with van der Waals surface area (Å²) in [4.78, 5) is 11.0. The number of rotatable bonds is 6. The second-order valence-corrected chi connectivity index (χ2v) is 7.04. The van der Waals surface area contributed by atoms with E-state index in [0.717, 1.165) is 12.2 Å². The maximum atomic E-state index is 11.0. The van der Waals surface area contributed by atoms with Crippen LogP contribution in [0.2, 0.25) is 0 Å². The lowest BCUT2D eigenvalue weighted by Gasteiger charge is -2.20. The van der Waals surface area contributed by atoms with Gasteiger partial charge in [-0.2, -0.15) is 5.10 Å². The highest BCUT2D eigenvalue weighted by molar-refractivity contribution is 5.73. The Kier molecular flexibility index (Phi) is 4.97. The van der Waals surface area contributed by atoms with Gasteiger partial charge in [0, 0.05) is 30.8 Å². The van der Waals surface area contributed by atoms with Crippen LogP contribution in [0.15, 0.2) is 6.20 Å². The van der Waals surface area contributed by atoms with Crippen molar-refractivity contribution in [1.82, 2.24) is 15.1 Å². The van der Waals surface area contributed by atoms with E-state index in [2.05, 4.69) is 31.2 Å². The first-order chi connectivity index (χ1) is 9.04. The molecule has 0 radical (unpaired) electrons. The van der Waals surface area contributed by atoms with Gasteiger partial charge >= 0.3 is 5.97 Å². The van der Waals surface area contributed by atoms with Crippen molar-refractivity contribution in [3.63, 3.8) is 0 Å². The van der Waals surface area contributed by atoms with Crippen LogP contribution in [-0.2, 0) is 23.8 Å².